The first kappa shape index (κ1) is 10.7. The minimum Gasteiger partial charge on any atom is -0.355 e. The molecule has 0 amide bonds. The Morgan fingerprint density at radius 2 is 2.27 bits per heavy atom. The van der Waals surface area contributed by atoms with E-state index >= 15 is 0 Å². The molecule has 2 unspecified atom stereocenters. The highest BCUT2D eigenvalue weighted by Gasteiger charge is 2.27. The highest BCUT2D eigenvalue weighted by Crippen LogP contribution is 2.23. The van der Waals surface area contributed by atoms with Gasteiger partial charge in [0.1, 0.15) is 17.2 Å². The molecule has 1 aliphatic rings. The number of nitrogens with two attached hydrogens (primary N) is 1. The van der Waals surface area contributed by atoms with Crippen molar-refractivity contribution in [1.29, 1.82) is 0 Å². The molecule has 5 heteroatoms. The lowest BCUT2D eigenvalue weighted by Gasteiger charge is -2.16. The second-order valence-electron chi connectivity index (χ2n) is 3.96. The number of rotatable bonds is 2. The molecule has 0 radical (unpaired) electrons. The number of hydrogen-bond acceptors (Lipinski definition) is 5. The third-order valence-corrected chi connectivity index (χ3v) is 3.47. The fourth-order valence-corrected chi connectivity index (χ4v) is 2.17. The maximum atomic E-state index is 5.99. The molecule has 15 heavy (non-hydrogen) atoms. The van der Waals surface area contributed by atoms with E-state index in [2.05, 4.69) is 21.8 Å². The van der Waals surface area contributed by atoms with Crippen LogP contribution in [0, 0.1) is 5.92 Å². The van der Waals surface area contributed by atoms with Gasteiger partial charge in [-0.15, -0.1) is 11.8 Å². The maximum absolute atomic E-state index is 5.99. The van der Waals surface area contributed by atoms with E-state index in [-0.39, 0.29) is 6.04 Å². The molecule has 1 saturated heterocycles. The van der Waals surface area contributed by atoms with Crippen LogP contribution in [-0.4, -0.2) is 35.4 Å². The summed E-state index contributed by atoms with van der Waals surface area (Å²) in [5.74, 6) is 1.53. The van der Waals surface area contributed by atoms with E-state index in [1.807, 2.05) is 12.3 Å². The summed E-state index contributed by atoms with van der Waals surface area (Å²) >= 11 is 1.63. The van der Waals surface area contributed by atoms with Gasteiger partial charge < -0.3 is 10.6 Å². The van der Waals surface area contributed by atoms with Crippen LogP contribution < -0.4 is 10.6 Å². The second kappa shape index (κ2) is 4.37. The molecule has 2 rings (SSSR count). The van der Waals surface area contributed by atoms with Crippen LogP contribution in [0.15, 0.2) is 17.4 Å². The highest BCUT2D eigenvalue weighted by atomic mass is 32.2. The minimum atomic E-state index is 0.262. The van der Waals surface area contributed by atoms with Crippen LogP contribution in [0.25, 0.3) is 0 Å². The average Bonchev–Trinajstić information content (AvgIpc) is 2.59. The van der Waals surface area contributed by atoms with Crippen LogP contribution in [0.4, 0.5) is 5.82 Å². The fraction of sp³-hybridized carbons (Fsp3) is 0.600. The van der Waals surface area contributed by atoms with Crippen LogP contribution in [0.5, 0.6) is 0 Å². The monoisotopic (exact) mass is 224 g/mol. The molecule has 1 aliphatic heterocycles. The van der Waals surface area contributed by atoms with Crippen LogP contribution in [0.3, 0.4) is 0 Å². The van der Waals surface area contributed by atoms with Crippen LogP contribution >= 0.6 is 11.8 Å². The Labute approximate surface area is 94.3 Å². The molecule has 2 heterocycles. The van der Waals surface area contributed by atoms with Crippen molar-refractivity contribution in [2.24, 2.45) is 11.7 Å². The zero-order valence-electron chi connectivity index (χ0n) is 9.05. The van der Waals surface area contributed by atoms with Crippen molar-refractivity contribution in [2.45, 2.75) is 18.0 Å². The van der Waals surface area contributed by atoms with Gasteiger partial charge in [0.15, 0.2) is 0 Å². The number of anilines is 1. The summed E-state index contributed by atoms with van der Waals surface area (Å²) in [6, 6.07) is 2.28. The van der Waals surface area contributed by atoms with E-state index < -0.39 is 0 Å². The van der Waals surface area contributed by atoms with Gasteiger partial charge in [0, 0.05) is 25.2 Å². The first-order chi connectivity index (χ1) is 7.20. The Balaban J connectivity index is 2.16. The van der Waals surface area contributed by atoms with Crippen molar-refractivity contribution in [2.75, 3.05) is 24.2 Å². The van der Waals surface area contributed by atoms with Crippen molar-refractivity contribution in [3.63, 3.8) is 0 Å². The summed E-state index contributed by atoms with van der Waals surface area (Å²) in [4.78, 5) is 10.7. The quantitative estimate of drug-likeness (QED) is 0.599. The van der Waals surface area contributed by atoms with Crippen molar-refractivity contribution < 1.29 is 0 Å². The lowest BCUT2D eigenvalue weighted by Crippen LogP contribution is -2.28. The van der Waals surface area contributed by atoms with Gasteiger partial charge in [-0.1, -0.05) is 6.92 Å². The smallest absolute Gasteiger partial charge is 0.133 e. The molecule has 2 N–H and O–H groups in total. The molecule has 0 saturated carbocycles. The van der Waals surface area contributed by atoms with Gasteiger partial charge in [-0.3, -0.25) is 0 Å². The molecule has 82 valence electrons. The average molecular weight is 224 g/mol. The Bertz CT molecular complexity index is 334. The summed E-state index contributed by atoms with van der Waals surface area (Å²) in [6.07, 6.45) is 3.64. The summed E-state index contributed by atoms with van der Waals surface area (Å²) < 4.78 is 0. The van der Waals surface area contributed by atoms with E-state index in [9.17, 15) is 0 Å². The molecule has 0 bridgehead atoms. The summed E-state index contributed by atoms with van der Waals surface area (Å²) in [7, 11) is 0. The lowest BCUT2D eigenvalue weighted by atomic mass is 10.1. The molecule has 1 aromatic rings. The third kappa shape index (κ3) is 2.23. The molecule has 2 atom stereocenters. The maximum Gasteiger partial charge on any atom is 0.133 e. The second-order valence-corrected chi connectivity index (χ2v) is 4.79. The number of aromatic nitrogens is 2. The molecular weight excluding hydrogens is 208 g/mol. The summed E-state index contributed by atoms with van der Waals surface area (Å²) in [6.45, 7) is 4.07. The van der Waals surface area contributed by atoms with Gasteiger partial charge in [0.25, 0.3) is 0 Å². The van der Waals surface area contributed by atoms with Gasteiger partial charge in [-0.25, -0.2) is 9.97 Å². The van der Waals surface area contributed by atoms with Crippen molar-refractivity contribution in [1.82, 2.24) is 9.97 Å². The molecule has 0 aromatic carbocycles. The zero-order valence-corrected chi connectivity index (χ0v) is 9.87. The van der Waals surface area contributed by atoms with Crippen LogP contribution in [0.2, 0.25) is 0 Å². The third-order valence-electron chi connectivity index (χ3n) is 2.83. The summed E-state index contributed by atoms with van der Waals surface area (Å²) in [5, 5.41) is 1.01. The first-order valence-electron chi connectivity index (χ1n) is 5.07. The highest BCUT2D eigenvalue weighted by molar-refractivity contribution is 7.98. The van der Waals surface area contributed by atoms with Crippen LogP contribution in [0.1, 0.15) is 6.92 Å². The largest absolute Gasteiger partial charge is 0.355 e. The van der Waals surface area contributed by atoms with Gasteiger partial charge in [-0.05, 0) is 12.2 Å². The summed E-state index contributed by atoms with van der Waals surface area (Å²) in [5.41, 5.74) is 5.99. The standard InChI is InChI=1S/C10H16N4S/c1-7-4-14(5-8(7)11)9-3-10(15-2)13-6-12-9/h3,6-8H,4-5,11H2,1-2H3. The predicted octanol–water partition coefficient (Wildman–Crippen LogP) is 0.982. The minimum absolute atomic E-state index is 0.262. The predicted molar refractivity (Wildman–Crippen MR) is 63.2 cm³/mol. The van der Waals surface area contributed by atoms with Crippen molar-refractivity contribution >= 4 is 17.6 Å². The SMILES string of the molecule is CSc1cc(N2CC(C)C(N)C2)ncn1. The van der Waals surface area contributed by atoms with Gasteiger partial charge >= 0.3 is 0 Å². The first-order valence-corrected chi connectivity index (χ1v) is 6.29. The lowest BCUT2D eigenvalue weighted by molar-refractivity contribution is 0.566. The van der Waals surface area contributed by atoms with E-state index in [4.69, 9.17) is 5.73 Å². The zero-order chi connectivity index (χ0) is 10.8. The molecule has 4 nitrogen and oxygen atoms in total. The van der Waals surface area contributed by atoms with E-state index in [0.717, 1.165) is 23.9 Å². The molecular formula is C10H16N4S. The topological polar surface area (TPSA) is 55.0 Å². The molecule has 1 fully saturated rings. The number of thioether (sulfide) groups is 1. The number of nitrogens with zero attached hydrogens (tertiary/aromatic N) is 3. The van der Waals surface area contributed by atoms with Crippen molar-refractivity contribution in [3.8, 4) is 0 Å². The molecule has 0 spiro atoms. The Kier molecular flexibility index (Phi) is 3.11. The van der Waals surface area contributed by atoms with Crippen LogP contribution in [-0.2, 0) is 0 Å². The van der Waals surface area contributed by atoms with Crippen molar-refractivity contribution in [3.05, 3.63) is 12.4 Å². The normalized spacial score (nSPS) is 25.9. The van der Waals surface area contributed by atoms with E-state index in [1.165, 1.54) is 0 Å². The Morgan fingerprint density at radius 3 is 2.87 bits per heavy atom. The fourth-order valence-electron chi connectivity index (χ4n) is 1.79. The van der Waals surface area contributed by atoms with E-state index in [0.29, 0.717) is 5.92 Å². The Hall–Kier alpha value is -0.810. The number of hydrogen-bond donors (Lipinski definition) is 1. The van der Waals surface area contributed by atoms with Gasteiger partial charge in [-0.2, -0.15) is 0 Å². The van der Waals surface area contributed by atoms with Gasteiger partial charge in [0.05, 0.1) is 0 Å². The Morgan fingerprint density at radius 1 is 1.47 bits per heavy atom. The van der Waals surface area contributed by atoms with E-state index in [1.54, 1.807) is 18.1 Å². The molecule has 1 aromatic heterocycles. The van der Waals surface area contributed by atoms with Gasteiger partial charge in [0.2, 0.25) is 0 Å². The molecule has 0 aliphatic carbocycles.